The van der Waals surface area contributed by atoms with Gasteiger partial charge in [0, 0.05) is 12.4 Å². The highest BCUT2D eigenvalue weighted by Crippen LogP contribution is 2.21. The number of halogens is 1. The fourth-order valence-corrected chi connectivity index (χ4v) is 2.29. The number of rotatable bonds is 3. The molecular weight excluding hydrogens is 304 g/mol. The van der Waals surface area contributed by atoms with Crippen LogP contribution in [0.25, 0.3) is 17.2 Å². The van der Waals surface area contributed by atoms with Gasteiger partial charge in [-0.1, -0.05) is 17.7 Å². The molecule has 0 bridgehead atoms. The molecule has 22 heavy (non-hydrogen) atoms. The number of nitrogens with zero attached hydrogens (tertiary/aromatic N) is 4. The van der Waals surface area contributed by atoms with E-state index in [1.54, 1.807) is 13.1 Å². The maximum absolute atomic E-state index is 11.7. The smallest absolute Gasteiger partial charge is 0.342 e. The van der Waals surface area contributed by atoms with Gasteiger partial charge in [0.2, 0.25) is 0 Å². The van der Waals surface area contributed by atoms with Crippen LogP contribution in [0, 0.1) is 6.92 Å². The second-order valence-corrected chi connectivity index (χ2v) is 5.05. The van der Waals surface area contributed by atoms with Crippen LogP contribution in [0.4, 0.5) is 0 Å². The first kappa shape index (κ1) is 14.5. The van der Waals surface area contributed by atoms with E-state index >= 15 is 0 Å². The lowest BCUT2D eigenvalue weighted by Crippen LogP contribution is -2.08. The van der Waals surface area contributed by atoms with E-state index < -0.39 is 5.97 Å². The summed E-state index contributed by atoms with van der Waals surface area (Å²) in [5.74, 6) is -0.135. The van der Waals surface area contributed by atoms with E-state index in [9.17, 15) is 4.79 Å². The van der Waals surface area contributed by atoms with Crippen LogP contribution in [0.3, 0.4) is 0 Å². The van der Waals surface area contributed by atoms with Crippen LogP contribution in [0.2, 0.25) is 5.15 Å². The second-order valence-electron chi connectivity index (χ2n) is 4.70. The molecule has 6 nitrogen and oxygen atoms in total. The molecule has 0 aliphatic heterocycles. The van der Waals surface area contributed by atoms with E-state index in [0.29, 0.717) is 11.5 Å². The summed E-state index contributed by atoms with van der Waals surface area (Å²) in [5.41, 5.74) is 2.73. The molecule has 0 aliphatic rings. The molecular formula is C15H13ClN4O2. The zero-order valence-corrected chi connectivity index (χ0v) is 12.8. The van der Waals surface area contributed by atoms with Crippen LogP contribution in [0.5, 0.6) is 0 Å². The zero-order valence-electron chi connectivity index (χ0n) is 12.1. The number of aryl methyl sites for hydroxylation is 1. The van der Waals surface area contributed by atoms with Crippen molar-refractivity contribution < 1.29 is 9.53 Å². The minimum absolute atomic E-state index is 0.0612. The standard InChI is InChI=1S/C15H13ClN4O2/c1-3-22-15(21)10-6-18-14(19-13(10)16)11-7-17-12-5-4-9(2)8-20(11)12/h4-8H,3H2,1-2H3. The first-order chi connectivity index (χ1) is 10.6. The molecule has 0 fully saturated rings. The molecule has 0 unspecified atom stereocenters. The Balaban J connectivity index is 2.06. The van der Waals surface area contributed by atoms with Crippen molar-refractivity contribution in [3.63, 3.8) is 0 Å². The average molecular weight is 317 g/mol. The first-order valence-corrected chi connectivity index (χ1v) is 7.11. The van der Waals surface area contributed by atoms with Crippen molar-refractivity contribution in [2.75, 3.05) is 6.61 Å². The van der Waals surface area contributed by atoms with Gasteiger partial charge in [0.1, 0.15) is 22.1 Å². The number of ether oxygens (including phenoxy) is 1. The highest BCUT2D eigenvalue weighted by Gasteiger charge is 2.16. The number of aromatic nitrogens is 4. The molecule has 3 aromatic heterocycles. The Hall–Kier alpha value is -2.47. The Morgan fingerprint density at radius 2 is 2.14 bits per heavy atom. The third-order valence-electron chi connectivity index (χ3n) is 3.12. The monoisotopic (exact) mass is 316 g/mol. The van der Waals surface area contributed by atoms with Crippen LogP contribution < -0.4 is 0 Å². The molecule has 3 heterocycles. The van der Waals surface area contributed by atoms with Crippen LogP contribution >= 0.6 is 11.6 Å². The van der Waals surface area contributed by atoms with E-state index in [0.717, 1.165) is 11.2 Å². The minimum Gasteiger partial charge on any atom is -0.462 e. The third-order valence-corrected chi connectivity index (χ3v) is 3.41. The summed E-state index contributed by atoms with van der Waals surface area (Å²) in [5, 5.41) is 0.0612. The third kappa shape index (κ3) is 2.53. The molecule has 0 spiro atoms. The summed E-state index contributed by atoms with van der Waals surface area (Å²) in [6.45, 7) is 3.98. The van der Waals surface area contributed by atoms with Crippen LogP contribution in [-0.4, -0.2) is 31.9 Å². The SMILES string of the molecule is CCOC(=O)c1cnc(-c2cnc3ccc(C)cn23)nc1Cl. The first-order valence-electron chi connectivity index (χ1n) is 6.74. The number of esters is 1. The second kappa shape index (κ2) is 5.73. The highest BCUT2D eigenvalue weighted by molar-refractivity contribution is 6.32. The molecule has 3 aromatic rings. The van der Waals surface area contributed by atoms with Crippen molar-refractivity contribution >= 4 is 23.2 Å². The summed E-state index contributed by atoms with van der Waals surface area (Å²) in [6, 6.07) is 3.89. The van der Waals surface area contributed by atoms with Crippen molar-refractivity contribution in [3.05, 3.63) is 47.0 Å². The van der Waals surface area contributed by atoms with Crippen LogP contribution in [0.15, 0.2) is 30.7 Å². The van der Waals surface area contributed by atoms with Crippen molar-refractivity contribution in [2.24, 2.45) is 0 Å². The molecule has 7 heteroatoms. The topological polar surface area (TPSA) is 69.4 Å². The number of hydrogen-bond donors (Lipinski definition) is 0. The van der Waals surface area contributed by atoms with Gasteiger partial charge < -0.3 is 4.74 Å². The molecule has 0 saturated heterocycles. The van der Waals surface area contributed by atoms with Crippen LogP contribution in [0.1, 0.15) is 22.8 Å². The molecule has 112 valence electrons. The van der Waals surface area contributed by atoms with Crippen molar-refractivity contribution in [2.45, 2.75) is 13.8 Å². The van der Waals surface area contributed by atoms with Crippen molar-refractivity contribution in [1.29, 1.82) is 0 Å². The zero-order chi connectivity index (χ0) is 15.7. The molecule has 0 saturated carbocycles. The Bertz CT molecular complexity index is 860. The maximum atomic E-state index is 11.7. The Morgan fingerprint density at radius 1 is 1.32 bits per heavy atom. The van der Waals surface area contributed by atoms with Gasteiger partial charge in [-0.15, -0.1) is 0 Å². The number of carbonyl (C=O) groups excluding carboxylic acids is 1. The van der Waals surface area contributed by atoms with Gasteiger partial charge in [0.25, 0.3) is 0 Å². The Morgan fingerprint density at radius 3 is 2.86 bits per heavy atom. The summed E-state index contributed by atoms with van der Waals surface area (Å²) in [6.07, 6.45) is 4.98. The summed E-state index contributed by atoms with van der Waals surface area (Å²) >= 11 is 6.08. The normalized spacial score (nSPS) is 10.9. The van der Waals surface area contributed by atoms with E-state index in [1.165, 1.54) is 6.20 Å². The van der Waals surface area contributed by atoms with Crippen molar-refractivity contribution in [1.82, 2.24) is 19.4 Å². The lowest BCUT2D eigenvalue weighted by atomic mass is 10.3. The number of fused-ring (bicyclic) bond motifs is 1. The molecule has 3 rings (SSSR count). The largest absolute Gasteiger partial charge is 0.462 e. The number of pyridine rings is 1. The Kier molecular flexibility index (Phi) is 3.77. The average Bonchev–Trinajstić information content (AvgIpc) is 2.90. The Labute approximate surface area is 131 Å². The van der Waals surface area contributed by atoms with Gasteiger partial charge in [-0.05, 0) is 25.5 Å². The molecule has 0 radical (unpaired) electrons. The molecule has 0 atom stereocenters. The number of imidazole rings is 1. The van der Waals surface area contributed by atoms with E-state index in [1.807, 2.05) is 29.7 Å². The van der Waals surface area contributed by atoms with E-state index in [2.05, 4.69) is 15.0 Å². The fraction of sp³-hybridized carbons (Fsp3) is 0.200. The number of hydrogen-bond acceptors (Lipinski definition) is 5. The quantitative estimate of drug-likeness (QED) is 0.549. The van der Waals surface area contributed by atoms with Crippen molar-refractivity contribution in [3.8, 4) is 11.5 Å². The predicted molar refractivity (Wildman–Crippen MR) is 81.9 cm³/mol. The van der Waals surface area contributed by atoms with Gasteiger partial charge in [-0.25, -0.2) is 19.7 Å². The molecule has 0 amide bonds. The summed E-state index contributed by atoms with van der Waals surface area (Å²) < 4.78 is 6.78. The molecule has 0 aliphatic carbocycles. The van der Waals surface area contributed by atoms with Gasteiger partial charge in [0.15, 0.2) is 5.82 Å². The lowest BCUT2D eigenvalue weighted by Gasteiger charge is -2.05. The molecule has 0 aromatic carbocycles. The maximum Gasteiger partial charge on any atom is 0.342 e. The van der Waals surface area contributed by atoms with Gasteiger partial charge in [-0.2, -0.15) is 0 Å². The predicted octanol–water partition coefficient (Wildman–Crippen LogP) is 2.93. The lowest BCUT2D eigenvalue weighted by molar-refractivity contribution is 0.0525. The fourth-order valence-electron chi connectivity index (χ4n) is 2.08. The summed E-state index contributed by atoms with van der Waals surface area (Å²) in [7, 11) is 0. The van der Waals surface area contributed by atoms with E-state index in [-0.39, 0.29) is 17.3 Å². The van der Waals surface area contributed by atoms with E-state index in [4.69, 9.17) is 16.3 Å². The van der Waals surface area contributed by atoms with Gasteiger partial charge >= 0.3 is 5.97 Å². The highest BCUT2D eigenvalue weighted by atomic mass is 35.5. The van der Waals surface area contributed by atoms with Crippen LogP contribution in [-0.2, 0) is 4.74 Å². The summed E-state index contributed by atoms with van der Waals surface area (Å²) in [4.78, 5) is 24.4. The molecule has 0 N–H and O–H groups in total. The number of carbonyl (C=O) groups is 1. The van der Waals surface area contributed by atoms with Gasteiger partial charge in [-0.3, -0.25) is 4.40 Å². The van der Waals surface area contributed by atoms with Gasteiger partial charge in [0.05, 0.1) is 12.8 Å². The minimum atomic E-state index is -0.534.